The van der Waals surface area contributed by atoms with Crippen LogP contribution in [0.15, 0.2) is 61.3 Å². The van der Waals surface area contributed by atoms with E-state index in [4.69, 9.17) is 4.74 Å². The maximum atomic E-state index is 13.2. The monoisotopic (exact) mass is 433 g/mol. The number of aromatic nitrogens is 4. The number of methoxy groups -OCH3 is 1. The van der Waals surface area contributed by atoms with Crippen LogP contribution in [-0.2, 0) is 0 Å². The smallest absolute Gasteiger partial charge is 0.461 e. The van der Waals surface area contributed by atoms with Crippen LogP contribution < -0.4 is 14.8 Å². The molecule has 0 atom stereocenters. The number of fused-ring (bicyclic) bond motifs is 1. The normalized spacial score (nSPS) is 11.7. The number of hydrogen-bond donors (Lipinski definition) is 1. The van der Waals surface area contributed by atoms with E-state index in [2.05, 4.69) is 25.0 Å². The molecule has 0 saturated carbocycles. The van der Waals surface area contributed by atoms with E-state index in [0.717, 1.165) is 23.4 Å². The average Bonchev–Trinajstić information content (AvgIpc) is 3.19. The third kappa shape index (κ3) is 4.20. The van der Waals surface area contributed by atoms with Gasteiger partial charge < -0.3 is 14.8 Å². The number of alkyl halides is 4. The van der Waals surface area contributed by atoms with Gasteiger partial charge in [-0.25, -0.2) is 9.97 Å². The van der Waals surface area contributed by atoms with Gasteiger partial charge >= 0.3 is 12.5 Å². The van der Waals surface area contributed by atoms with E-state index >= 15 is 0 Å². The number of halogens is 4. The van der Waals surface area contributed by atoms with Crippen LogP contribution in [0.25, 0.3) is 16.9 Å². The fraction of sp³-hybridized carbons (Fsp3) is 0.150. The molecule has 1 N–H and O–H groups in total. The van der Waals surface area contributed by atoms with Gasteiger partial charge in [0.15, 0.2) is 11.5 Å². The van der Waals surface area contributed by atoms with Crippen LogP contribution in [0.3, 0.4) is 0 Å². The van der Waals surface area contributed by atoms with Crippen LogP contribution in [0.2, 0.25) is 0 Å². The lowest BCUT2D eigenvalue weighted by Crippen LogP contribution is -2.33. The molecule has 0 aliphatic rings. The third-order valence-corrected chi connectivity index (χ3v) is 4.28. The molecule has 0 unspecified atom stereocenters. The second kappa shape index (κ2) is 8.09. The van der Waals surface area contributed by atoms with Gasteiger partial charge in [0.05, 0.1) is 25.2 Å². The van der Waals surface area contributed by atoms with Crippen LogP contribution in [0.4, 0.5) is 29.1 Å². The first-order valence-corrected chi connectivity index (χ1v) is 8.91. The Bertz CT molecular complexity index is 1220. The molecule has 7 nitrogen and oxygen atoms in total. The van der Waals surface area contributed by atoms with Crippen molar-refractivity contribution in [3.8, 4) is 22.8 Å². The van der Waals surface area contributed by atoms with Crippen LogP contribution in [-0.4, -0.2) is 39.0 Å². The predicted molar refractivity (Wildman–Crippen MR) is 104 cm³/mol. The maximum Gasteiger partial charge on any atom is 0.461 e. The number of pyridine rings is 1. The summed E-state index contributed by atoms with van der Waals surface area (Å²) in [4.78, 5) is 12.7. The molecule has 0 aliphatic heterocycles. The molecule has 0 amide bonds. The molecule has 0 aliphatic carbocycles. The largest absolute Gasteiger partial charge is 0.495 e. The number of imidazole rings is 1. The molecule has 0 saturated heterocycles. The highest BCUT2D eigenvalue weighted by Gasteiger charge is 2.44. The minimum absolute atomic E-state index is 0.302. The summed E-state index contributed by atoms with van der Waals surface area (Å²) in [6.07, 6.45) is -0.461. The Morgan fingerprint density at radius 2 is 1.90 bits per heavy atom. The van der Waals surface area contributed by atoms with Crippen molar-refractivity contribution in [3.05, 3.63) is 61.3 Å². The summed E-state index contributed by atoms with van der Waals surface area (Å²) >= 11 is 0. The Hall–Kier alpha value is -3.89. The van der Waals surface area contributed by atoms with E-state index in [-0.39, 0.29) is 0 Å². The van der Waals surface area contributed by atoms with Crippen molar-refractivity contribution in [1.82, 2.24) is 19.4 Å². The van der Waals surface area contributed by atoms with Gasteiger partial charge in [-0.15, -0.1) is 0 Å². The van der Waals surface area contributed by atoms with Gasteiger partial charge in [0.1, 0.15) is 11.5 Å². The molecule has 0 fully saturated rings. The van der Waals surface area contributed by atoms with Crippen molar-refractivity contribution in [3.63, 3.8) is 0 Å². The molecule has 160 valence electrons. The van der Waals surface area contributed by atoms with Crippen LogP contribution in [0, 0.1) is 0 Å². The Labute approximate surface area is 173 Å². The van der Waals surface area contributed by atoms with Crippen LogP contribution in [0.5, 0.6) is 11.5 Å². The van der Waals surface area contributed by atoms with E-state index in [1.165, 1.54) is 19.4 Å². The van der Waals surface area contributed by atoms with E-state index in [1.807, 2.05) is 0 Å². The first-order chi connectivity index (χ1) is 14.9. The van der Waals surface area contributed by atoms with Gasteiger partial charge in [-0.3, -0.25) is 9.38 Å². The number of ether oxygens (including phenoxy) is 2. The van der Waals surface area contributed by atoms with E-state index in [9.17, 15) is 17.6 Å². The number of rotatable bonds is 7. The van der Waals surface area contributed by atoms with Gasteiger partial charge in [-0.1, -0.05) is 6.07 Å². The highest BCUT2D eigenvalue weighted by atomic mass is 19.3. The summed E-state index contributed by atoms with van der Waals surface area (Å²) in [5.41, 5.74) is 2.23. The molecule has 3 heterocycles. The number of nitrogens with zero attached hydrogens (tertiary/aromatic N) is 4. The maximum absolute atomic E-state index is 13.2. The molecule has 4 rings (SSSR count). The summed E-state index contributed by atoms with van der Waals surface area (Å²) in [5.74, 6) is 0.480. The van der Waals surface area contributed by atoms with Crippen molar-refractivity contribution in [1.29, 1.82) is 0 Å². The lowest BCUT2D eigenvalue weighted by atomic mass is 10.2. The predicted octanol–water partition coefficient (Wildman–Crippen LogP) is 4.78. The second-order valence-corrected chi connectivity index (χ2v) is 6.34. The molecular formula is C20H15F4N5O2. The van der Waals surface area contributed by atoms with Gasteiger partial charge in [-0.05, 0) is 18.2 Å². The second-order valence-electron chi connectivity index (χ2n) is 6.34. The van der Waals surface area contributed by atoms with Gasteiger partial charge in [0, 0.05) is 35.9 Å². The molecule has 0 spiro atoms. The third-order valence-electron chi connectivity index (χ3n) is 4.28. The highest BCUT2D eigenvalue weighted by molar-refractivity contribution is 5.74. The zero-order valence-electron chi connectivity index (χ0n) is 16.0. The molecule has 1 aromatic carbocycles. The first kappa shape index (κ1) is 20.4. The Kier molecular flexibility index (Phi) is 5.32. The number of anilines is 2. The molecule has 11 heteroatoms. The van der Waals surface area contributed by atoms with E-state index < -0.39 is 18.3 Å². The molecular weight excluding hydrogens is 418 g/mol. The fourth-order valence-electron chi connectivity index (χ4n) is 2.87. The van der Waals surface area contributed by atoms with Crippen molar-refractivity contribution >= 4 is 17.2 Å². The fourth-order valence-corrected chi connectivity index (χ4v) is 2.87. The van der Waals surface area contributed by atoms with Crippen LogP contribution in [0.1, 0.15) is 0 Å². The SMILES string of the molecule is COc1cncc(-c2cnc3c(Nc4cccc(OC(F)(F)C(F)F)c4)nccn23)c1. The molecule has 3 aromatic heterocycles. The average molecular weight is 433 g/mol. The van der Waals surface area contributed by atoms with E-state index in [0.29, 0.717) is 22.9 Å². The van der Waals surface area contributed by atoms with Crippen molar-refractivity contribution in [2.45, 2.75) is 12.5 Å². The molecule has 4 aromatic rings. The zero-order chi connectivity index (χ0) is 22.0. The Morgan fingerprint density at radius 1 is 1.06 bits per heavy atom. The van der Waals surface area contributed by atoms with Gasteiger partial charge in [-0.2, -0.15) is 17.6 Å². The van der Waals surface area contributed by atoms with Crippen molar-refractivity contribution < 1.29 is 27.0 Å². The Balaban J connectivity index is 1.64. The lowest BCUT2D eigenvalue weighted by molar-refractivity contribution is -0.253. The van der Waals surface area contributed by atoms with Gasteiger partial charge in [0.2, 0.25) is 0 Å². The topological polar surface area (TPSA) is 73.6 Å². The first-order valence-electron chi connectivity index (χ1n) is 8.91. The summed E-state index contributed by atoms with van der Waals surface area (Å²) in [5, 5.41) is 2.94. The minimum Gasteiger partial charge on any atom is -0.495 e. The van der Waals surface area contributed by atoms with Crippen molar-refractivity contribution in [2.24, 2.45) is 0 Å². The van der Waals surface area contributed by atoms with Crippen molar-refractivity contribution in [2.75, 3.05) is 12.4 Å². The molecule has 31 heavy (non-hydrogen) atoms. The standard InChI is InChI=1S/C20H15F4N5O2/c1-30-15-7-12(9-25-10-15)16-11-27-18-17(26-5-6-29(16)18)28-13-3-2-4-14(8-13)31-20(23,24)19(21)22/h2-11,19H,1H3,(H,26,28). The highest BCUT2D eigenvalue weighted by Crippen LogP contribution is 2.31. The van der Waals surface area contributed by atoms with E-state index in [1.54, 1.807) is 41.3 Å². The quantitative estimate of drug-likeness (QED) is 0.423. The number of hydrogen-bond acceptors (Lipinski definition) is 6. The summed E-state index contributed by atoms with van der Waals surface area (Å²) in [6, 6.07) is 7.05. The van der Waals surface area contributed by atoms with Crippen LogP contribution >= 0.6 is 0 Å². The number of nitrogens with one attached hydrogen (secondary N) is 1. The minimum atomic E-state index is -4.60. The van der Waals surface area contributed by atoms with Gasteiger partial charge in [0.25, 0.3) is 0 Å². The summed E-state index contributed by atoms with van der Waals surface area (Å²) in [7, 11) is 1.54. The Morgan fingerprint density at radius 3 is 2.68 bits per heavy atom. The molecule has 0 bridgehead atoms. The number of benzene rings is 1. The molecule has 0 radical (unpaired) electrons. The summed E-state index contributed by atoms with van der Waals surface area (Å²) in [6.45, 7) is 0. The summed E-state index contributed by atoms with van der Waals surface area (Å²) < 4.78 is 62.2. The lowest BCUT2D eigenvalue weighted by Gasteiger charge is -2.17. The zero-order valence-corrected chi connectivity index (χ0v) is 16.0.